The van der Waals surface area contributed by atoms with Gasteiger partial charge in [0.15, 0.2) is 0 Å². The zero-order chi connectivity index (χ0) is 8.31. The van der Waals surface area contributed by atoms with E-state index in [4.69, 9.17) is 21.8 Å². The lowest BCUT2D eigenvalue weighted by Gasteiger charge is -1.91. The number of halogens is 2. The maximum absolute atomic E-state index is 10.0. The van der Waals surface area contributed by atoms with Crippen molar-refractivity contribution < 1.29 is 19.8 Å². The molecule has 56 valence electrons. The van der Waals surface area contributed by atoms with Crippen LogP contribution in [0.15, 0.2) is 8.61 Å². The molecule has 0 aliphatic rings. The highest BCUT2D eigenvalue weighted by Gasteiger charge is 2.14. The van der Waals surface area contributed by atoms with E-state index < -0.39 is 20.6 Å². The Morgan fingerprint density at radius 2 is 1.60 bits per heavy atom. The molecule has 0 spiro atoms. The topological polar surface area (TPSA) is 74.6 Å². The molecule has 0 saturated heterocycles. The Labute approximate surface area is 74.6 Å². The van der Waals surface area contributed by atoms with Gasteiger partial charge in [0.25, 0.3) is 0 Å². The highest BCUT2D eigenvalue weighted by molar-refractivity contribution is 14.1. The van der Waals surface area contributed by atoms with Crippen LogP contribution >= 0.6 is 34.2 Å². The van der Waals surface area contributed by atoms with Crippen molar-refractivity contribution in [2.75, 3.05) is 0 Å². The van der Waals surface area contributed by atoms with E-state index in [0.717, 1.165) is 0 Å². The summed E-state index contributed by atoms with van der Waals surface area (Å²) in [4.78, 5) is 20.0. The molecule has 0 rings (SSSR count). The minimum atomic E-state index is -1.44. The van der Waals surface area contributed by atoms with Gasteiger partial charge < -0.3 is 10.2 Å². The smallest absolute Gasteiger partial charge is 0.348 e. The maximum atomic E-state index is 10.0. The van der Waals surface area contributed by atoms with Gasteiger partial charge in [-0.25, -0.2) is 9.59 Å². The molecule has 0 aromatic heterocycles. The average Bonchev–Trinajstić information content (AvgIpc) is 1.84. The quantitative estimate of drug-likeness (QED) is 0.584. The van der Waals surface area contributed by atoms with E-state index in [2.05, 4.69) is 0 Å². The molecule has 0 aromatic carbocycles. The summed E-state index contributed by atoms with van der Waals surface area (Å²) in [6, 6.07) is 0. The van der Waals surface area contributed by atoms with E-state index >= 15 is 0 Å². The van der Waals surface area contributed by atoms with Crippen molar-refractivity contribution in [3.63, 3.8) is 0 Å². The number of hydrogen-bond donors (Lipinski definition) is 2. The number of carbonyl (C=O) groups is 2. The summed E-state index contributed by atoms with van der Waals surface area (Å²) in [7, 11) is 0. The summed E-state index contributed by atoms with van der Waals surface area (Å²) in [5, 5.41) is 15.7. The Morgan fingerprint density at radius 1 is 1.20 bits per heavy atom. The molecule has 0 aliphatic carbocycles. The summed E-state index contributed by atoms with van der Waals surface area (Å²) in [6.07, 6.45) is 0. The first-order valence-electron chi connectivity index (χ1n) is 1.98. The Balaban J connectivity index is 4.67. The number of aliphatic carboxylic acids is 2. The van der Waals surface area contributed by atoms with E-state index in [1.807, 2.05) is 0 Å². The molecule has 0 radical (unpaired) electrons. The van der Waals surface area contributed by atoms with Gasteiger partial charge >= 0.3 is 11.9 Å². The van der Waals surface area contributed by atoms with E-state index in [9.17, 15) is 9.59 Å². The molecular formula is C4H2ClIO4. The Bertz CT molecular complexity index is 187. The Morgan fingerprint density at radius 3 is 1.70 bits per heavy atom. The fraction of sp³-hybridized carbons (Fsp3) is 0. The van der Waals surface area contributed by atoms with Crippen molar-refractivity contribution >= 4 is 46.1 Å². The van der Waals surface area contributed by atoms with Crippen molar-refractivity contribution in [1.82, 2.24) is 0 Å². The molecule has 4 nitrogen and oxygen atoms in total. The summed E-state index contributed by atoms with van der Waals surface area (Å²) < 4.78 is -0.397. The van der Waals surface area contributed by atoms with Crippen LogP contribution in [0, 0.1) is 0 Å². The first-order chi connectivity index (χ1) is 4.46. The van der Waals surface area contributed by atoms with Crippen LogP contribution in [0.1, 0.15) is 0 Å². The standard InChI is InChI=1S/C4H2ClIO4/c5-1(3(7)8)2(6)4(9)10/h(H,7,8)(H,9,10)/b2-1+. The fourth-order valence-corrected chi connectivity index (χ4v) is 0.499. The second-order valence-electron chi connectivity index (χ2n) is 1.24. The van der Waals surface area contributed by atoms with Gasteiger partial charge in [0, 0.05) is 0 Å². The lowest BCUT2D eigenvalue weighted by atomic mass is 10.5. The van der Waals surface area contributed by atoms with Crippen LogP contribution in [0.25, 0.3) is 0 Å². The van der Waals surface area contributed by atoms with E-state index in [1.54, 1.807) is 0 Å². The molecular weight excluding hydrogens is 274 g/mol. The third kappa shape index (κ3) is 2.53. The minimum Gasteiger partial charge on any atom is -0.477 e. The average molecular weight is 276 g/mol. The molecule has 0 fully saturated rings. The number of carboxylic acid groups (broad SMARTS) is 2. The van der Waals surface area contributed by atoms with Crippen molar-refractivity contribution in [3.8, 4) is 0 Å². The molecule has 0 saturated carbocycles. The highest BCUT2D eigenvalue weighted by atomic mass is 127. The largest absolute Gasteiger partial charge is 0.477 e. The normalized spacial score (nSPS) is 12.2. The first kappa shape index (κ1) is 9.70. The van der Waals surface area contributed by atoms with Gasteiger partial charge in [-0.2, -0.15) is 0 Å². The van der Waals surface area contributed by atoms with Crippen LogP contribution in [0.3, 0.4) is 0 Å². The van der Waals surface area contributed by atoms with Gasteiger partial charge in [-0.15, -0.1) is 0 Å². The number of hydrogen-bond acceptors (Lipinski definition) is 2. The van der Waals surface area contributed by atoms with Crippen molar-refractivity contribution in [2.24, 2.45) is 0 Å². The van der Waals surface area contributed by atoms with Gasteiger partial charge in [0.2, 0.25) is 0 Å². The summed E-state index contributed by atoms with van der Waals surface area (Å²) >= 11 is 6.39. The molecule has 0 bridgehead atoms. The predicted molar refractivity (Wildman–Crippen MR) is 42.2 cm³/mol. The van der Waals surface area contributed by atoms with Crippen LogP contribution in [0.2, 0.25) is 0 Å². The summed E-state index contributed by atoms with van der Waals surface area (Å²) in [6.45, 7) is 0. The van der Waals surface area contributed by atoms with Crippen LogP contribution in [0.4, 0.5) is 0 Å². The molecule has 2 N–H and O–H groups in total. The van der Waals surface area contributed by atoms with Crippen LogP contribution in [0.5, 0.6) is 0 Å². The van der Waals surface area contributed by atoms with E-state index in [-0.39, 0.29) is 0 Å². The summed E-state index contributed by atoms with van der Waals surface area (Å²) in [5.41, 5.74) is 0. The van der Waals surface area contributed by atoms with E-state index in [0.29, 0.717) is 0 Å². The molecule has 0 amide bonds. The van der Waals surface area contributed by atoms with Crippen LogP contribution < -0.4 is 0 Å². The van der Waals surface area contributed by atoms with Gasteiger partial charge in [0.05, 0.1) is 0 Å². The Kier molecular flexibility index (Phi) is 3.66. The second-order valence-corrected chi connectivity index (χ2v) is 2.69. The van der Waals surface area contributed by atoms with Gasteiger partial charge in [-0.1, -0.05) is 11.6 Å². The SMILES string of the molecule is O=C(O)/C(Cl)=C(\I)C(=O)O. The second kappa shape index (κ2) is 3.77. The van der Waals surface area contributed by atoms with E-state index in [1.165, 1.54) is 22.6 Å². The lowest BCUT2D eigenvalue weighted by Crippen LogP contribution is -2.02. The first-order valence-corrected chi connectivity index (χ1v) is 3.44. The summed E-state index contributed by atoms with van der Waals surface area (Å²) in [5.74, 6) is -2.78. The minimum absolute atomic E-state index is 0.397. The fourth-order valence-electron chi connectivity index (χ4n) is 0.188. The van der Waals surface area contributed by atoms with Crippen molar-refractivity contribution in [3.05, 3.63) is 8.61 Å². The van der Waals surface area contributed by atoms with Gasteiger partial charge in [0.1, 0.15) is 8.61 Å². The molecule has 0 atom stereocenters. The number of carboxylic acids is 2. The molecule has 0 heterocycles. The third-order valence-corrected chi connectivity index (χ3v) is 2.24. The zero-order valence-electron chi connectivity index (χ0n) is 4.47. The number of rotatable bonds is 2. The van der Waals surface area contributed by atoms with Gasteiger partial charge in [-0.05, 0) is 22.6 Å². The molecule has 0 unspecified atom stereocenters. The van der Waals surface area contributed by atoms with Gasteiger partial charge in [-0.3, -0.25) is 0 Å². The van der Waals surface area contributed by atoms with Crippen LogP contribution in [-0.2, 0) is 9.59 Å². The Hall–Kier alpha value is -0.300. The lowest BCUT2D eigenvalue weighted by molar-refractivity contribution is -0.134. The molecule has 0 aromatic rings. The van der Waals surface area contributed by atoms with Crippen LogP contribution in [-0.4, -0.2) is 22.2 Å². The maximum Gasteiger partial charge on any atom is 0.348 e. The highest BCUT2D eigenvalue weighted by Crippen LogP contribution is 2.16. The van der Waals surface area contributed by atoms with Crippen molar-refractivity contribution in [2.45, 2.75) is 0 Å². The predicted octanol–water partition coefficient (Wildman–Crippen LogP) is 1.04. The monoisotopic (exact) mass is 276 g/mol. The molecule has 6 heteroatoms. The van der Waals surface area contributed by atoms with Crippen molar-refractivity contribution in [1.29, 1.82) is 0 Å². The third-order valence-electron chi connectivity index (χ3n) is 0.568. The zero-order valence-corrected chi connectivity index (χ0v) is 7.38. The molecule has 0 aliphatic heterocycles. The molecule has 10 heavy (non-hydrogen) atoms.